The van der Waals surface area contributed by atoms with Crippen molar-refractivity contribution in [2.45, 2.75) is 19.6 Å². The van der Waals surface area contributed by atoms with Crippen LogP contribution in [0.2, 0.25) is 0 Å². The van der Waals surface area contributed by atoms with Crippen LogP contribution in [0, 0.1) is 0 Å². The number of amides is 1. The van der Waals surface area contributed by atoms with E-state index in [1.165, 1.54) is 25.1 Å². The molecule has 5 aromatic rings. The molecular formula is C33H23NO7. The van der Waals surface area contributed by atoms with Crippen LogP contribution in [0.1, 0.15) is 54.9 Å². The fourth-order valence-electron chi connectivity index (χ4n) is 4.77. The van der Waals surface area contributed by atoms with E-state index in [-0.39, 0.29) is 40.7 Å². The molecule has 4 aromatic carbocycles. The standard InChI is InChI=1S/C33H23NO7/c1-19(32(37)34-20-15-16-25-26(17-20)30(36)24-13-6-5-12-23(24)29(25)35)40-33(38)31-27(18-39-21-9-3-2-4-10-21)22-11-7-8-14-28(22)41-31/h2-17,19H,18H2,1H3,(H,34,37). The van der Waals surface area contributed by atoms with E-state index in [4.69, 9.17) is 13.9 Å². The van der Waals surface area contributed by atoms with E-state index in [2.05, 4.69) is 5.32 Å². The molecule has 1 atom stereocenters. The van der Waals surface area contributed by atoms with Crippen molar-refractivity contribution >= 4 is 40.1 Å². The molecule has 0 fully saturated rings. The number of fused-ring (bicyclic) bond motifs is 3. The van der Waals surface area contributed by atoms with Gasteiger partial charge in [0.25, 0.3) is 5.91 Å². The lowest BCUT2D eigenvalue weighted by atomic mass is 9.84. The van der Waals surface area contributed by atoms with Crippen molar-refractivity contribution in [3.05, 3.63) is 131 Å². The maximum Gasteiger partial charge on any atom is 0.375 e. The lowest BCUT2D eigenvalue weighted by molar-refractivity contribution is -0.123. The van der Waals surface area contributed by atoms with Crippen LogP contribution in [0.5, 0.6) is 5.75 Å². The molecule has 1 aliphatic carbocycles. The van der Waals surface area contributed by atoms with Crippen molar-refractivity contribution in [1.29, 1.82) is 0 Å². The van der Waals surface area contributed by atoms with Gasteiger partial charge in [0.2, 0.25) is 5.76 Å². The van der Waals surface area contributed by atoms with Crippen LogP contribution in [-0.4, -0.2) is 29.5 Å². The first-order chi connectivity index (χ1) is 19.9. The Morgan fingerprint density at radius 1 is 0.780 bits per heavy atom. The molecule has 1 heterocycles. The Labute approximate surface area is 234 Å². The summed E-state index contributed by atoms with van der Waals surface area (Å²) in [5, 5.41) is 3.36. The van der Waals surface area contributed by atoms with Gasteiger partial charge in [-0.2, -0.15) is 0 Å². The van der Waals surface area contributed by atoms with Gasteiger partial charge in [-0.25, -0.2) is 4.79 Å². The minimum Gasteiger partial charge on any atom is -0.489 e. The van der Waals surface area contributed by atoms with Crippen LogP contribution in [0.3, 0.4) is 0 Å². The van der Waals surface area contributed by atoms with Gasteiger partial charge in [0.1, 0.15) is 17.9 Å². The molecule has 202 valence electrons. The van der Waals surface area contributed by atoms with Gasteiger partial charge < -0.3 is 19.2 Å². The zero-order chi connectivity index (χ0) is 28.5. The molecule has 0 radical (unpaired) electrons. The number of anilines is 1. The molecule has 1 aromatic heterocycles. The first-order valence-electron chi connectivity index (χ1n) is 12.9. The largest absolute Gasteiger partial charge is 0.489 e. The fourth-order valence-corrected chi connectivity index (χ4v) is 4.77. The molecule has 6 rings (SSSR count). The van der Waals surface area contributed by atoms with Crippen LogP contribution in [0.4, 0.5) is 5.69 Å². The lowest BCUT2D eigenvalue weighted by Gasteiger charge is -2.19. The van der Waals surface area contributed by atoms with Crippen molar-refractivity contribution in [3.8, 4) is 5.75 Å². The maximum atomic E-state index is 13.2. The number of carbonyl (C=O) groups excluding carboxylic acids is 4. The summed E-state index contributed by atoms with van der Waals surface area (Å²) in [6.45, 7) is 1.48. The predicted octanol–water partition coefficient (Wildman–Crippen LogP) is 5.97. The molecule has 8 nitrogen and oxygen atoms in total. The number of benzene rings is 4. The van der Waals surface area contributed by atoms with Gasteiger partial charge in [0, 0.05) is 33.3 Å². The monoisotopic (exact) mass is 545 g/mol. The van der Waals surface area contributed by atoms with E-state index in [1.807, 2.05) is 30.3 Å². The van der Waals surface area contributed by atoms with Crippen molar-refractivity contribution < 1.29 is 33.1 Å². The lowest BCUT2D eigenvalue weighted by Crippen LogP contribution is -2.30. The average Bonchev–Trinajstić information content (AvgIpc) is 3.38. The van der Waals surface area contributed by atoms with E-state index in [1.54, 1.807) is 48.5 Å². The predicted molar refractivity (Wildman–Crippen MR) is 150 cm³/mol. The van der Waals surface area contributed by atoms with Gasteiger partial charge in [0.15, 0.2) is 17.7 Å². The first kappa shape index (κ1) is 25.8. The fraction of sp³-hybridized carbons (Fsp3) is 0.0909. The van der Waals surface area contributed by atoms with E-state index in [0.717, 1.165) is 0 Å². The van der Waals surface area contributed by atoms with E-state index in [0.29, 0.717) is 33.4 Å². The van der Waals surface area contributed by atoms with Crippen LogP contribution in [-0.2, 0) is 16.1 Å². The Morgan fingerprint density at radius 2 is 1.41 bits per heavy atom. The number of ether oxygens (including phenoxy) is 2. The van der Waals surface area contributed by atoms with Crippen LogP contribution in [0.15, 0.2) is 101 Å². The Kier molecular flexibility index (Phi) is 6.65. The Balaban J connectivity index is 1.18. The summed E-state index contributed by atoms with van der Waals surface area (Å²) in [7, 11) is 0. The SMILES string of the molecule is CC(OC(=O)c1oc2ccccc2c1COc1ccccc1)C(=O)Nc1ccc2c(c1)C(=O)c1ccccc1C2=O. The summed E-state index contributed by atoms with van der Waals surface area (Å²) in [5.74, 6) is -1.43. The summed E-state index contributed by atoms with van der Waals surface area (Å²) in [4.78, 5) is 52.0. The molecule has 0 spiro atoms. The van der Waals surface area contributed by atoms with Gasteiger partial charge in [0.05, 0.1) is 5.56 Å². The van der Waals surface area contributed by atoms with Gasteiger partial charge in [-0.1, -0.05) is 60.7 Å². The highest BCUT2D eigenvalue weighted by Gasteiger charge is 2.30. The summed E-state index contributed by atoms with van der Waals surface area (Å²) in [5.41, 5.74) is 2.40. The third-order valence-corrected chi connectivity index (χ3v) is 6.86. The number of esters is 1. The Hall–Kier alpha value is -5.50. The molecule has 0 saturated heterocycles. The van der Waals surface area contributed by atoms with Gasteiger partial charge in [-0.15, -0.1) is 0 Å². The Morgan fingerprint density at radius 3 is 2.17 bits per heavy atom. The summed E-state index contributed by atoms with van der Waals surface area (Å²) in [6, 6.07) is 27.4. The van der Waals surface area contributed by atoms with Crippen LogP contribution < -0.4 is 10.1 Å². The highest BCUT2D eigenvalue weighted by Crippen LogP contribution is 2.30. The number of nitrogens with one attached hydrogen (secondary N) is 1. The van der Waals surface area contributed by atoms with Gasteiger partial charge >= 0.3 is 5.97 Å². The maximum absolute atomic E-state index is 13.2. The molecule has 1 aliphatic rings. The normalized spacial score (nSPS) is 12.8. The molecule has 1 amide bonds. The second kappa shape index (κ2) is 10.6. The van der Waals surface area contributed by atoms with E-state index in [9.17, 15) is 19.2 Å². The molecule has 0 aliphatic heterocycles. The molecule has 8 heteroatoms. The van der Waals surface area contributed by atoms with Crippen molar-refractivity contribution in [2.75, 3.05) is 5.32 Å². The van der Waals surface area contributed by atoms with Crippen molar-refractivity contribution in [1.82, 2.24) is 0 Å². The highest BCUT2D eigenvalue weighted by molar-refractivity contribution is 6.28. The Bertz CT molecular complexity index is 1840. The quantitative estimate of drug-likeness (QED) is 0.246. The van der Waals surface area contributed by atoms with E-state index < -0.39 is 18.0 Å². The summed E-state index contributed by atoms with van der Waals surface area (Å²) in [6.07, 6.45) is -1.20. The molecule has 41 heavy (non-hydrogen) atoms. The molecule has 0 saturated carbocycles. The number of ketones is 2. The molecule has 0 bridgehead atoms. The molecular weight excluding hydrogens is 522 g/mol. The van der Waals surface area contributed by atoms with Crippen LogP contribution in [0.25, 0.3) is 11.0 Å². The average molecular weight is 546 g/mol. The van der Waals surface area contributed by atoms with Crippen LogP contribution >= 0.6 is 0 Å². The first-order valence-corrected chi connectivity index (χ1v) is 12.9. The summed E-state index contributed by atoms with van der Waals surface area (Å²) >= 11 is 0. The van der Waals surface area contributed by atoms with Gasteiger partial charge in [-0.05, 0) is 43.3 Å². The minimum absolute atomic E-state index is 0.0526. The number of carbonyl (C=O) groups is 4. The third kappa shape index (κ3) is 4.87. The molecule has 1 unspecified atom stereocenters. The third-order valence-electron chi connectivity index (χ3n) is 6.86. The second-order valence-electron chi connectivity index (χ2n) is 9.51. The zero-order valence-corrected chi connectivity index (χ0v) is 21.9. The summed E-state index contributed by atoms with van der Waals surface area (Å²) < 4.78 is 17.1. The smallest absolute Gasteiger partial charge is 0.375 e. The highest BCUT2D eigenvalue weighted by atomic mass is 16.6. The van der Waals surface area contributed by atoms with Crippen molar-refractivity contribution in [2.24, 2.45) is 0 Å². The number of furan rings is 1. The molecule has 1 N–H and O–H groups in total. The van der Waals surface area contributed by atoms with Crippen molar-refractivity contribution in [3.63, 3.8) is 0 Å². The number of hydrogen-bond acceptors (Lipinski definition) is 7. The zero-order valence-electron chi connectivity index (χ0n) is 21.9. The number of para-hydroxylation sites is 2. The number of rotatable bonds is 7. The second-order valence-corrected chi connectivity index (χ2v) is 9.51. The topological polar surface area (TPSA) is 112 Å². The van der Waals surface area contributed by atoms with E-state index >= 15 is 0 Å². The van der Waals surface area contributed by atoms with Gasteiger partial charge in [-0.3, -0.25) is 14.4 Å². The number of hydrogen-bond donors (Lipinski definition) is 1. The minimum atomic E-state index is -1.20.